The quantitative estimate of drug-likeness (QED) is 0.741. The van der Waals surface area contributed by atoms with Crippen molar-refractivity contribution in [2.75, 3.05) is 0 Å². The summed E-state index contributed by atoms with van der Waals surface area (Å²) in [6.45, 7) is 8.85. The minimum Gasteiger partial charge on any atom is -0.352 e. The minimum atomic E-state index is 0.0399. The average Bonchev–Trinajstić information content (AvgIpc) is 3.08. The topological polar surface area (TPSA) is 72.2 Å². The molecule has 6 heteroatoms. The van der Waals surface area contributed by atoms with E-state index in [1.807, 2.05) is 13.8 Å². The Labute approximate surface area is 153 Å². The van der Waals surface area contributed by atoms with Crippen molar-refractivity contribution in [3.8, 4) is 0 Å². The lowest BCUT2D eigenvalue weighted by molar-refractivity contribution is -0.121. The van der Waals surface area contributed by atoms with E-state index in [2.05, 4.69) is 58.7 Å². The second-order valence-electron chi connectivity index (χ2n) is 6.96. The summed E-state index contributed by atoms with van der Waals surface area (Å²) in [5, 5.41) is 15.4. The predicted molar refractivity (Wildman–Crippen MR) is 101 cm³/mol. The van der Waals surface area contributed by atoms with E-state index in [4.69, 9.17) is 0 Å². The SMILES string of the molecule is Cc1nn2cnnc2c(C)c1CCC(=O)NCc1ccc(C(C)C)cc1. The normalized spacial score (nSPS) is 11.3. The maximum Gasteiger partial charge on any atom is 0.220 e. The average molecular weight is 351 g/mol. The molecule has 1 N–H and O–H groups in total. The number of rotatable bonds is 6. The molecule has 0 unspecified atom stereocenters. The lowest BCUT2D eigenvalue weighted by Gasteiger charge is -2.11. The summed E-state index contributed by atoms with van der Waals surface area (Å²) >= 11 is 0. The van der Waals surface area contributed by atoms with Gasteiger partial charge in [0, 0.05) is 18.5 Å². The Kier molecular flexibility index (Phi) is 5.30. The van der Waals surface area contributed by atoms with E-state index in [1.165, 1.54) is 5.56 Å². The fourth-order valence-electron chi connectivity index (χ4n) is 3.09. The first-order valence-electron chi connectivity index (χ1n) is 8.97. The van der Waals surface area contributed by atoms with Gasteiger partial charge in [-0.15, -0.1) is 10.2 Å². The summed E-state index contributed by atoms with van der Waals surface area (Å²) in [5.74, 6) is 0.555. The van der Waals surface area contributed by atoms with Gasteiger partial charge >= 0.3 is 0 Å². The van der Waals surface area contributed by atoms with Crippen LogP contribution in [0.25, 0.3) is 5.65 Å². The van der Waals surface area contributed by atoms with Crippen molar-refractivity contribution < 1.29 is 4.79 Å². The van der Waals surface area contributed by atoms with Gasteiger partial charge < -0.3 is 5.32 Å². The highest BCUT2D eigenvalue weighted by Gasteiger charge is 2.12. The fraction of sp³-hybridized carbons (Fsp3) is 0.400. The predicted octanol–water partition coefficient (Wildman–Crippen LogP) is 3.11. The van der Waals surface area contributed by atoms with Crippen LogP contribution < -0.4 is 5.32 Å². The van der Waals surface area contributed by atoms with Gasteiger partial charge in [0.25, 0.3) is 0 Å². The van der Waals surface area contributed by atoms with Crippen molar-refractivity contribution in [3.05, 3.63) is 58.5 Å². The van der Waals surface area contributed by atoms with Crippen LogP contribution in [0.1, 0.15) is 54.1 Å². The van der Waals surface area contributed by atoms with Crippen LogP contribution in [-0.4, -0.2) is 25.7 Å². The molecule has 0 saturated carbocycles. The summed E-state index contributed by atoms with van der Waals surface area (Å²) in [6.07, 6.45) is 2.67. The molecule has 0 atom stereocenters. The molecule has 0 aliphatic heterocycles. The largest absolute Gasteiger partial charge is 0.352 e. The number of benzene rings is 1. The number of hydrogen-bond donors (Lipinski definition) is 1. The number of aromatic nitrogens is 4. The molecule has 2 heterocycles. The molecule has 1 aromatic carbocycles. The van der Waals surface area contributed by atoms with Crippen LogP contribution in [0.5, 0.6) is 0 Å². The zero-order valence-electron chi connectivity index (χ0n) is 15.8. The second-order valence-corrected chi connectivity index (χ2v) is 6.96. The molecule has 0 fully saturated rings. The van der Waals surface area contributed by atoms with Gasteiger partial charge in [-0.25, -0.2) is 4.52 Å². The number of nitrogens with one attached hydrogen (secondary N) is 1. The van der Waals surface area contributed by atoms with Crippen LogP contribution in [0.2, 0.25) is 0 Å². The van der Waals surface area contributed by atoms with Crippen LogP contribution in [0, 0.1) is 13.8 Å². The van der Waals surface area contributed by atoms with Gasteiger partial charge in [0.15, 0.2) is 5.65 Å². The van der Waals surface area contributed by atoms with Crippen molar-refractivity contribution in [1.82, 2.24) is 25.1 Å². The molecule has 26 heavy (non-hydrogen) atoms. The van der Waals surface area contributed by atoms with Crippen LogP contribution in [0.4, 0.5) is 0 Å². The second kappa shape index (κ2) is 7.64. The highest BCUT2D eigenvalue weighted by Crippen LogP contribution is 2.17. The van der Waals surface area contributed by atoms with Gasteiger partial charge in [-0.2, -0.15) is 5.10 Å². The third kappa shape index (κ3) is 3.90. The molecule has 0 radical (unpaired) electrons. The lowest BCUT2D eigenvalue weighted by atomic mass is 10.0. The van der Waals surface area contributed by atoms with Crippen LogP contribution in [-0.2, 0) is 17.8 Å². The zero-order chi connectivity index (χ0) is 18.7. The Balaban J connectivity index is 1.57. The monoisotopic (exact) mass is 351 g/mol. The number of hydrogen-bond acceptors (Lipinski definition) is 4. The Bertz CT molecular complexity index is 912. The summed E-state index contributed by atoms with van der Waals surface area (Å²) in [7, 11) is 0. The van der Waals surface area contributed by atoms with Gasteiger partial charge in [0.1, 0.15) is 6.33 Å². The molecule has 3 aromatic rings. The number of amides is 1. The molecular weight excluding hydrogens is 326 g/mol. The summed E-state index contributed by atoms with van der Waals surface area (Å²) < 4.78 is 1.68. The van der Waals surface area contributed by atoms with E-state index in [1.54, 1.807) is 10.8 Å². The molecule has 0 spiro atoms. The molecule has 0 saturated heterocycles. The van der Waals surface area contributed by atoms with Crippen molar-refractivity contribution in [2.45, 2.75) is 53.0 Å². The van der Waals surface area contributed by atoms with E-state index in [9.17, 15) is 4.79 Å². The summed E-state index contributed by atoms with van der Waals surface area (Å²) in [6, 6.07) is 8.40. The zero-order valence-corrected chi connectivity index (χ0v) is 15.8. The van der Waals surface area contributed by atoms with Crippen LogP contribution in [0.15, 0.2) is 30.6 Å². The third-order valence-corrected chi connectivity index (χ3v) is 4.75. The number of aryl methyl sites for hydroxylation is 2. The van der Waals surface area contributed by atoms with Gasteiger partial charge in [0.05, 0.1) is 5.69 Å². The number of carbonyl (C=O) groups excluding carboxylic acids is 1. The number of carbonyl (C=O) groups is 1. The van der Waals surface area contributed by atoms with Crippen LogP contribution >= 0.6 is 0 Å². The summed E-state index contributed by atoms with van der Waals surface area (Å²) in [5.41, 5.74) is 6.18. The molecule has 2 aromatic heterocycles. The van der Waals surface area contributed by atoms with Crippen LogP contribution in [0.3, 0.4) is 0 Å². The van der Waals surface area contributed by atoms with E-state index < -0.39 is 0 Å². The third-order valence-electron chi connectivity index (χ3n) is 4.75. The van der Waals surface area contributed by atoms with E-state index in [-0.39, 0.29) is 5.91 Å². The van der Waals surface area contributed by atoms with E-state index >= 15 is 0 Å². The molecule has 1 amide bonds. The first-order valence-corrected chi connectivity index (χ1v) is 8.97. The molecular formula is C20H25N5O. The first-order chi connectivity index (χ1) is 12.5. The fourth-order valence-corrected chi connectivity index (χ4v) is 3.09. The standard InChI is InChI=1S/C20H25N5O/c1-13(2)17-7-5-16(6-8-17)11-21-19(26)10-9-18-14(3)20-23-22-12-25(20)24-15(18)4/h5-8,12-13H,9-11H2,1-4H3,(H,21,26). The lowest BCUT2D eigenvalue weighted by Crippen LogP contribution is -2.23. The van der Waals surface area contributed by atoms with Gasteiger partial charge in [-0.1, -0.05) is 38.1 Å². The molecule has 0 aliphatic rings. The van der Waals surface area contributed by atoms with Gasteiger partial charge in [-0.05, 0) is 42.9 Å². The minimum absolute atomic E-state index is 0.0399. The summed E-state index contributed by atoms with van der Waals surface area (Å²) in [4.78, 5) is 12.2. The van der Waals surface area contributed by atoms with Crippen molar-refractivity contribution in [3.63, 3.8) is 0 Å². The van der Waals surface area contributed by atoms with Crippen molar-refractivity contribution in [2.24, 2.45) is 0 Å². The molecule has 3 rings (SSSR count). The highest BCUT2D eigenvalue weighted by atomic mass is 16.1. The Morgan fingerprint density at radius 1 is 1.19 bits per heavy atom. The molecule has 0 bridgehead atoms. The van der Waals surface area contributed by atoms with Gasteiger partial charge in [-0.3, -0.25) is 4.79 Å². The van der Waals surface area contributed by atoms with Gasteiger partial charge in [0.2, 0.25) is 5.91 Å². The van der Waals surface area contributed by atoms with Crippen molar-refractivity contribution in [1.29, 1.82) is 0 Å². The number of fused-ring (bicyclic) bond motifs is 1. The Morgan fingerprint density at radius 3 is 2.62 bits per heavy atom. The van der Waals surface area contributed by atoms with E-state index in [0.717, 1.165) is 28.0 Å². The maximum absolute atomic E-state index is 12.2. The van der Waals surface area contributed by atoms with E-state index in [0.29, 0.717) is 25.3 Å². The highest BCUT2D eigenvalue weighted by molar-refractivity contribution is 5.76. The Hall–Kier alpha value is -2.76. The number of nitrogens with zero attached hydrogens (tertiary/aromatic N) is 4. The van der Waals surface area contributed by atoms with Crippen molar-refractivity contribution >= 4 is 11.6 Å². The first kappa shape index (κ1) is 18.0. The molecule has 6 nitrogen and oxygen atoms in total. The smallest absolute Gasteiger partial charge is 0.220 e. The maximum atomic E-state index is 12.2. The Morgan fingerprint density at radius 2 is 1.92 bits per heavy atom. The molecule has 0 aliphatic carbocycles. The molecule has 136 valence electrons.